The maximum absolute atomic E-state index is 12.8. The van der Waals surface area contributed by atoms with E-state index in [2.05, 4.69) is 45.1 Å². The molecule has 0 fully saturated rings. The molecule has 0 aromatic rings. The lowest BCUT2D eigenvalue weighted by Gasteiger charge is -2.18. The van der Waals surface area contributed by atoms with Crippen LogP contribution < -0.4 is 0 Å². The molecule has 0 aliphatic carbocycles. The van der Waals surface area contributed by atoms with Gasteiger partial charge < -0.3 is 14.2 Å². The maximum atomic E-state index is 12.8. The van der Waals surface area contributed by atoms with Gasteiger partial charge in [0.25, 0.3) is 0 Å². The number of rotatable bonds is 60. The van der Waals surface area contributed by atoms with Crippen molar-refractivity contribution in [3.8, 4) is 0 Å². The highest BCUT2D eigenvalue weighted by Crippen LogP contribution is 2.18. The van der Waals surface area contributed by atoms with Crippen LogP contribution in [0.25, 0.3) is 0 Å². The SMILES string of the molecule is CCCCCC/C=C\C/C=C\CCCCCCCCCC(=O)OC(COC(=O)CCCCCCC)COC(=O)CCCCCCCCCCCCCCCCCCCCCCCCCCCCCCCCC. The second-order valence-electron chi connectivity index (χ2n) is 22.0. The Bertz CT molecular complexity index is 1160. The van der Waals surface area contributed by atoms with Crippen LogP contribution in [0.2, 0.25) is 0 Å². The number of ether oxygens (including phenoxy) is 3. The topological polar surface area (TPSA) is 78.9 Å². The second kappa shape index (κ2) is 61.4. The van der Waals surface area contributed by atoms with Gasteiger partial charge in [-0.1, -0.05) is 315 Å². The maximum Gasteiger partial charge on any atom is 0.306 e. The van der Waals surface area contributed by atoms with Crippen LogP contribution in [0.4, 0.5) is 0 Å². The Kier molecular flexibility index (Phi) is 59.6. The Balaban J connectivity index is 3.91. The van der Waals surface area contributed by atoms with Crippen LogP contribution in [0.15, 0.2) is 24.3 Å². The van der Waals surface area contributed by atoms with Crippen molar-refractivity contribution in [2.24, 2.45) is 0 Å². The minimum Gasteiger partial charge on any atom is -0.462 e. The number of hydrogen-bond acceptors (Lipinski definition) is 6. The molecule has 0 amide bonds. The summed E-state index contributed by atoms with van der Waals surface area (Å²) < 4.78 is 16.8. The van der Waals surface area contributed by atoms with E-state index >= 15 is 0 Å². The van der Waals surface area contributed by atoms with Gasteiger partial charge in [0.1, 0.15) is 13.2 Å². The van der Waals surface area contributed by atoms with Crippen molar-refractivity contribution in [1.29, 1.82) is 0 Å². The molecule has 72 heavy (non-hydrogen) atoms. The molecule has 0 bridgehead atoms. The third kappa shape index (κ3) is 58.8. The summed E-state index contributed by atoms with van der Waals surface area (Å²) in [5, 5.41) is 0. The predicted molar refractivity (Wildman–Crippen MR) is 312 cm³/mol. The fourth-order valence-electron chi connectivity index (χ4n) is 9.83. The van der Waals surface area contributed by atoms with Gasteiger partial charge in [0.2, 0.25) is 0 Å². The Hall–Kier alpha value is -2.11. The molecule has 0 spiro atoms. The van der Waals surface area contributed by atoms with Crippen LogP contribution in [0.5, 0.6) is 0 Å². The largest absolute Gasteiger partial charge is 0.462 e. The predicted octanol–water partition coefficient (Wildman–Crippen LogP) is 21.8. The van der Waals surface area contributed by atoms with Gasteiger partial charge >= 0.3 is 17.9 Å². The van der Waals surface area contributed by atoms with Gasteiger partial charge in [-0.15, -0.1) is 0 Å². The van der Waals surface area contributed by atoms with Crippen molar-refractivity contribution in [1.82, 2.24) is 0 Å². The van der Waals surface area contributed by atoms with Gasteiger partial charge in [0.05, 0.1) is 0 Å². The molecule has 0 aliphatic rings. The van der Waals surface area contributed by atoms with E-state index < -0.39 is 6.10 Å². The molecule has 0 saturated heterocycles. The van der Waals surface area contributed by atoms with Crippen molar-refractivity contribution in [3.63, 3.8) is 0 Å². The molecular formula is C66H124O6. The Morgan fingerprint density at radius 3 is 0.778 bits per heavy atom. The zero-order valence-electron chi connectivity index (χ0n) is 48.7. The molecule has 0 N–H and O–H groups in total. The van der Waals surface area contributed by atoms with E-state index in [0.717, 1.165) is 77.0 Å². The van der Waals surface area contributed by atoms with Crippen LogP contribution in [-0.4, -0.2) is 37.2 Å². The van der Waals surface area contributed by atoms with E-state index in [4.69, 9.17) is 14.2 Å². The number of hydrogen-bond donors (Lipinski definition) is 0. The molecule has 0 rings (SSSR count). The molecule has 1 atom stereocenters. The number of esters is 3. The van der Waals surface area contributed by atoms with Crippen LogP contribution in [-0.2, 0) is 28.6 Å². The normalized spacial score (nSPS) is 12.1. The molecule has 424 valence electrons. The minimum absolute atomic E-state index is 0.0705. The standard InChI is InChI=1S/C66H124O6/c1-4-7-10-13-15-17-19-21-23-25-27-28-29-30-31-32-33-34-35-36-37-38-39-41-42-44-46-48-50-53-56-59-65(68)71-62-63(61-70-64(67)58-55-52-12-9-6-3)72-66(69)60-57-54-51-49-47-45-43-40-26-24-22-20-18-16-14-11-8-5-2/h18,20,24,26,63H,4-17,19,21-23,25,27-62H2,1-3H3/b20-18-,26-24-. The number of carbonyl (C=O) groups excluding carboxylic acids is 3. The van der Waals surface area contributed by atoms with Crippen LogP contribution in [0.1, 0.15) is 361 Å². The molecule has 6 heteroatoms. The van der Waals surface area contributed by atoms with Gasteiger partial charge in [0.15, 0.2) is 6.10 Å². The third-order valence-corrected chi connectivity index (χ3v) is 14.7. The van der Waals surface area contributed by atoms with Crippen molar-refractivity contribution in [2.75, 3.05) is 13.2 Å². The summed E-state index contributed by atoms with van der Waals surface area (Å²) in [5.74, 6) is -0.872. The highest BCUT2D eigenvalue weighted by molar-refractivity contribution is 5.71. The summed E-state index contributed by atoms with van der Waals surface area (Å²) in [4.78, 5) is 37.9. The molecule has 6 nitrogen and oxygen atoms in total. The Labute approximate surface area is 449 Å². The average molecular weight is 1010 g/mol. The lowest BCUT2D eigenvalue weighted by atomic mass is 10.0. The van der Waals surface area contributed by atoms with E-state index in [1.807, 2.05) is 0 Å². The fourth-order valence-corrected chi connectivity index (χ4v) is 9.83. The zero-order chi connectivity index (χ0) is 52.2. The average Bonchev–Trinajstić information content (AvgIpc) is 3.38. The molecule has 0 aromatic carbocycles. The highest BCUT2D eigenvalue weighted by Gasteiger charge is 2.19. The molecule has 0 heterocycles. The number of unbranched alkanes of at least 4 members (excludes halogenated alkanes) is 45. The second-order valence-corrected chi connectivity index (χ2v) is 22.0. The minimum atomic E-state index is -0.769. The van der Waals surface area contributed by atoms with Crippen molar-refractivity contribution >= 4 is 17.9 Å². The lowest BCUT2D eigenvalue weighted by Crippen LogP contribution is -2.30. The van der Waals surface area contributed by atoms with E-state index in [0.29, 0.717) is 19.3 Å². The van der Waals surface area contributed by atoms with Crippen molar-refractivity contribution in [2.45, 2.75) is 367 Å². The van der Waals surface area contributed by atoms with Gasteiger partial charge in [-0.2, -0.15) is 0 Å². The summed E-state index contributed by atoms with van der Waals surface area (Å²) in [5.41, 5.74) is 0. The molecule has 0 aliphatic heterocycles. The summed E-state index contributed by atoms with van der Waals surface area (Å²) in [7, 11) is 0. The van der Waals surface area contributed by atoms with Crippen molar-refractivity contribution in [3.05, 3.63) is 24.3 Å². The monoisotopic (exact) mass is 1010 g/mol. The summed E-state index contributed by atoms with van der Waals surface area (Å²) in [6.45, 7) is 6.59. The fraction of sp³-hybridized carbons (Fsp3) is 0.894. The summed E-state index contributed by atoms with van der Waals surface area (Å²) >= 11 is 0. The number of allylic oxidation sites excluding steroid dienone is 4. The van der Waals surface area contributed by atoms with Gasteiger partial charge in [0, 0.05) is 19.3 Å². The smallest absolute Gasteiger partial charge is 0.306 e. The third-order valence-electron chi connectivity index (χ3n) is 14.7. The lowest BCUT2D eigenvalue weighted by molar-refractivity contribution is -0.167. The quantitative estimate of drug-likeness (QED) is 0.0261. The molecule has 1 unspecified atom stereocenters. The van der Waals surface area contributed by atoms with Gasteiger partial charge in [-0.3, -0.25) is 14.4 Å². The van der Waals surface area contributed by atoms with E-state index in [1.54, 1.807) is 0 Å². The van der Waals surface area contributed by atoms with Crippen LogP contribution >= 0.6 is 0 Å². The van der Waals surface area contributed by atoms with Gasteiger partial charge in [-0.25, -0.2) is 0 Å². The molecule has 0 aromatic heterocycles. The number of carbonyl (C=O) groups is 3. The molecule has 0 radical (unpaired) electrons. The first-order chi connectivity index (χ1) is 35.5. The zero-order valence-corrected chi connectivity index (χ0v) is 48.7. The van der Waals surface area contributed by atoms with Crippen molar-refractivity contribution < 1.29 is 28.6 Å². The van der Waals surface area contributed by atoms with Crippen LogP contribution in [0.3, 0.4) is 0 Å². The first-order valence-electron chi connectivity index (χ1n) is 32.3. The first-order valence-corrected chi connectivity index (χ1v) is 32.3. The van der Waals surface area contributed by atoms with E-state index in [9.17, 15) is 14.4 Å². The van der Waals surface area contributed by atoms with Gasteiger partial charge in [-0.05, 0) is 51.4 Å². The van der Waals surface area contributed by atoms with E-state index in [1.165, 1.54) is 244 Å². The highest BCUT2D eigenvalue weighted by atomic mass is 16.6. The van der Waals surface area contributed by atoms with E-state index in [-0.39, 0.29) is 31.1 Å². The molecular weight excluding hydrogens is 889 g/mol. The van der Waals surface area contributed by atoms with Crippen LogP contribution in [0, 0.1) is 0 Å². The molecule has 0 saturated carbocycles. The summed E-state index contributed by atoms with van der Waals surface area (Å²) in [6.07, 6.45) is 74.0. The Morgan fingerprint density at radius 1 is 0.278 bits per heavy atom. The first kappa shape index (κ1) is 69.9. The summed E-state index contributed by atoms with van der Waals surface area (Å²) in [6, 6.07) is 0. The Morgan fingerprint density at radius 2 is 0.500 bits per heavy atom.